The fourth-order valence-electron chi connectivity index (χ4n) is 1.71. The summed E-state index contributed by atoms with van der Waals surface area (Å²) in [6, 6.07) is -0.209. The minimum Gasteiger partial charge on any atom is -0.375 e. The van der Waals surface area contributed by atoms with Crippen molar-refractivity contribution in [1.29, 1.82) is 0 Å². The molecule has 0 aromatic carbocycles. The lowest BCUT2D eigenvalue weighted by Crippen LogP contribution is -2.55. The lowest BCUT2D eigenvalue weighted by molar-refractivity contribution is -0.145. The van der Waals surface area contributed by atoms with Crippen LogP contribution >= 0.6 is 0 Å². The van der Waals surface area contributed by atoms with Crippen LogP contribution in [0.15, 0.2) is 0 Å². The monoisotopic (exact) mass is 200 g/mol. The van der Waals surface area contributed by atoms with Gasteiger partial charge in [0, 0.05) is 6.54 Å². The van der Waals surface area contributed by atoms with Crippen LogP contribution in [-0.4, -0.2) is 42.1 Å². The van der Waals surface area contributed by atoms with E-state index in [-0.39, 0.29) is 18.1 Å². The Kier molecular flexibility index (Phi) is 3.89. The molecule has 4 heteroatoms. The number of amides is 1. The van der Waals surface area contributed by atoms with Crippen LogP contribution in [0.4, 0.5) is 0 Å². The first-order valence-electron chi connectivity index (χ1n) is 5.24. The van der Waals surface area contributed by atoms with E-state index in [1.807, 2.05) is 11.8 Å². The lowest BCUT2D eigenvalue weighted by atomic mass is 10.1. The van der Waals surface area contributed by atoms with Gasteiger partial charge in [-0.1, -0.05) is 6.92 Å². The van der Waals surface area contributed by atoms with Crippen LogP contribution in [0.5, 0.6) is 0 Å². The van der Waals surface area contributed by atoms with E-state index < -0.39 is 6.04 Å². The highest BCUT2D eigenvalue weighted by atomic mass is 16.5. The van der Waals surface area contributed by atoms with Gasteiger partial charge in [0.1, 0.15) is 0 Å². The van der Waals surface area contributed by atoms with Gasteiger partial charge in [0.15, 0.2) is 0 Å². The minimum atomic E-state index is -0.408. The molecule has 14 heavy (non-hydrogen) atoms. The normalized spacial score (nSPS) is 30.1. The molecule has 1 aliphatic rings. The first kappa shape index (κ1) is 11.5. The number of ether oxygens (including phenoxy) is 1. The Morgan fingerprint density at radius 2 is 2.36 bits per heavy atom. The number of nitrogens with two attached hydrogens (primary N) is 1. The van der Waals surface area contributed by atoms with Crippen molar-refractivity contribution in [3.8, 4) is 0 Å². The molecule has 1 heterocycles. The molecule has 1 amide bonds. The van der Waals surface area contributed by atoms with E-state index in [1.165, 1.54) is 0 Å². The van der Waals surface area contributed by atoms with E-state index in [9.17, 15) is 4.79 Å². The molecule has 1 rings (SSSR count). The maximum Gasteiger partial charge on any atom is 0.239 e. The van der Waals surface area contributed by atoms with Crippen molar-refractivity contribution >= 4 is 5.91 Å². The third-order valence-electron chi connectivity index (χ3n) is 2.61. The molecule has 2 N–H and O–H groups in total. The second-order valence-electron chi connectivity index (χ2n) is 3.99. The maximum atomic E-state index is 11.8. The van der Waals surface area contributed by atoms with Gasteiger partial charge < -0.3 is 15.4 Å². The summed E-state index contributed by atoms with van der Waals surface area (Å²) in [7, 11) is 0. The number of hydrogen-bond donors (Lipinski definition) is 1. The smallest absolute Gasteiger partial charge is 0.239 e. The van der Waals surface area contributed by atoms with Gasteiger partial charge in [-0.15, -0.1) is 0 Å². The van der Waals surface area contributed by atoms with Crippen molar-refractivity contribution < 1.29 is 9.53 Å². The van der Waals surface area contributed by atoms with Crippen molar-refractivity contribution in [3.05, 3.63) is 0 Å². The summed E-state index contributed by atoms with van der Waals surface area (Å²) in [6.07, 6.45) is 1.05. The average Bonchev–Trinajstić information content (AvgIpc) is 2.16. The van der Waals surface area contributed by atoms with Crippen LogP contribution in [0.25, 0.3) is 0 Å². The zero-order valence-corrected chi connectivity index (χ0v) is 9.19. The molecule has 0 aromatic rings. The van der Waals surface area contributed by atoms with Gasteiger partial charge >= 0.3 is 0 Å². The van der Waals surface area contributed by atoms with Gasteiger partial charge in [-0.05, 0) is 20.3 Å². The Bertz CT molecular complexity index is 206. The average molecular weight is 200 g/mol. The van der Waals surface area contributed by atoms with Gasteiger partial charge in [0.2, 0.25) is 5.91 Å². The number of carbonyl (C=O) groups excluding carboxylic acids is 1. The van der Waals surface area contributed by atoms with Crippen molar-refractivity contribution in [3.63, 3.8) is 0 Å². The van der Waals surface area contributed by atoms with E-state index in [4.69, 9.17) is 10.5 Å². The summed E-state index contributed by atoms with van der Waals surface area (Å²) < 4.78 is 5.51. The van der Waals surface area contributed by atoms with Crippen LogP contribution in [-0.2, 0) is 9.53 Å². The number of hydrogen-bond acceptors (Lipinski definition) is 3. The van der Waals surface area contributed by atoms with Gasteiger partial charge in [-0.2, -0.15) is 0 Å². The number of rotatable bonds is 2. The molecular formula is C10H20N2O2. The Balaban J connectivity index is 2.65. The summed E-state index contributed by atoms with van der Waals surface area (Å²) in [5.74, 6) is 0.0343. The lowest BCUT2D eigenvalue weighted by Gasteiger charge is -2.39. The zero-order chi connectivity index (χ0) is 10.7. The van der Waals surface area contributed by atoms with Crippen molar-refractivity contribution in [2.24, 2.45) is 5.73 Å². The van der Waals surface area contributed by atoms with E-state index in [1.54, 1.807) is 6.92 Å². The van der Waals surface area contributed by atoms with Crippen LogP contribution in [0.2, 0.25) is 0 Å². The Morgan fingerprint density at radius 3 is 2.86 bits per heavy atom. The van der Waals surface area contributed by atoms with E-state index in [0.29, 0.717) is 13.2 Å². The van der Waals surface area contributed by atoms with Crippen LogP contribution < -0.4 is 5.73 Å². The molecular weight excluding hydrogens is 180 g/mol. The summed E-state index contributed by atoms with van der Waals surface area (Å²) in [5, 5.41) is 0. The number of morpholine rings is 1. The molecule has 0 aromatic heterocycles. The predicted molar refractivity (Wildman–Crippen MR) is 54.9 cm³/mol. The summed E-state index contributed by atoms with van der Waals surface area (Å²) in [5.41, 5.74) is 5.60. The molecule has 0 aliphatic carbocycles. The molecule has 4 nitrogen and oxygen atoms in total. The second kappa shape index (κ2) is 4.75. The maximum absolute atomic E-state index is 11.8. The first-order valence-corrected chi connectivity index (χ1v) is 5.24. The van der Waals surface area contributed by atoms with Crippen molar-refractivity contribution in [1.82, 2.24) is 4.90 Å². The zero-order valence-electron chi connectivity index (χ0n) is 9.19. The molecule has 3 atom stereocenters. The fraction of sp³-hybridized carbons (Fsp3) is 0.900. The summed E-state index contributed by atoms with van der Waals surface area (Å²) >= 11 is 0. The highest BCUT2D eigenvalue weighted by molar-refractivity contribution is 5.81. The molecule has 1 aliphatic heterocycles. The number of nitrogens with zero attached hydrogens (tertiary/aromatic N) is 1. The quantitative estimate of drug-likeness (QED) is 0.700. The second-order valence-corrected chi connectivity index (χ2v) is 3.99. The molecule has 0 spiro atoms. The molecule has 0 bridgehead atoms. The highest BCUT2D eigenvalue weighted by Crippen LogP contribution is 2.15. The highest BCUT2D eigenvalue weighted by Gasteiger charge is 2.30. The van der Waals surface area contributed by atoms with Crippen molar-refractivity contribution in [2.75, 3.05) is 13.2 Å². The molecule has 1 saturated heterocycles. The third kappa shape index (κ3) is 2.45. The SMILES string of the molecule is CCC1COC(C)CN1C(=O)[C@@H](C)N. The van der Waals surface area contributed by atoms with E-state index >= 15 is 0 Å². The van der Waals surface area contributed by atoms with E-state index in [2.05, 4.69) is 6.92 Å². The topological polar surface area (TPSA) is 55.6 Å². The van der Waals surface area contributed by atoms with Crippen LogP contribution in [0.3, 0.4) is 0 Å². The number of carbonyl (C=O) groups is 1. The standard InChI is InChI=1S/C10H20N2O2/c1-4-9-6-14-7(2)5-12(9)10(13)8(3)11/h7-9H,4-6,11H2,1-3H3/t7?,8-,9?/m1/s1. The largest absolute Gasteiger partial charge is 0.375 e. The predicted octanol–water partition coefficient (Wildman–Crippen LogP) is 0.360. The van der Waals surface area contributed by atoms with Crippen LogP contribution in [0, 0.1) is 0 Å². The van der Waals surface area contributed by atoms with Gasteiger partial charge in [-0.3, -0.25) is 4.79 Å². The van der Waals surface area contributed by atoms with E-state index in [0.717, 1.165) is 6.42 Å². The van der Waals surface area contributed by atoms with Crippen molar-refractivity contribution in [2.45, 2.75) is 45.4 Å². The molecule has 0 radical (unpaired) electrons. The molecule has 1 fully saturated rings. The van der Waals surface area contributed by atoms with Gasteiger partial charge in [-0.25, -0.2) is 0 Å². The van der Waals surface area contributed by atoms with Gasteiger partial charge in [0.25, 0.3) is 0 Å². The molecule has 82 valence electrons. The van der Waals surface area contributed by atoms with Gasteiger partial charge in [0.05, 0.1) is 24.8 Å². The Morgan fingerprint density at radius 1 is 1.71 bits per heavy atom. The Labute approximate surface area is 85.4 Å². The summed E-state index contributed by atoms with van der Waals surface area (Å²) in [4.78, 5) is 13.6. The van der Waals surface area contributed by atoms with Crippen LogP contribution in [0.1, 0.15) is 27.2 Å². The summed E-state index contributed by atoms with van der Waals surface area (Å²) in [6.45, 7) is 7.07. The third-order valence-corrected chi connectivity index (χ3v) is 2.61. The molecule has 2 unspecified atom stereocenters. The minimum absolute atomic E-state index is 0.0343. The Hall–Kier alpha value is -0.610. The molecule has 0 saturated carbocycles. The fourth-order valence-corrected chi connectivity index (χ4v) is 1.71. The first-order chi connectivity index (χ1) is 6.56.